The van der Waals surface area contributed by atoms with Crippen LogP contribution in [0.2, 0.25) is 0 Å². The molecule has 2 heterocycles. The van der Waals surface area contributed by atoms with E-state index in [2.05, 4.69) is 17.1 Å². The molecule has 160 valence electrons. The van der Waals surface area contributed by atoms with Crippen LogP contribution in [-0.4, -0.2) is 41.0 Å². The molecule has 0 bridgehead atoms. The van der Waals surface area contributed by atoms with Gasteiger partial charge in [0.2, 0.25) is 0 Å². The number of H-pyrrole nitrogens is 1. The largest absolute Gasteiger partial charge is 0.448 e. The lowest BCUT2D eigenvalue weighted by molar-refractivity contribution is -0.141. The van der Waals surface area contributed by atoms with Gasteiger partial charge in [0.15, 0.2) is 6.10 Å². The SMILES string of the molecule is C[C@@H](OC(=O)c1cc2ccccc2c(=O)[nH]1)C(=O)N1CCC(Cc2ccccc2)CC1. The van der Waals surface area contributed by atoms with Crippen LogP contribution in [0.5, 0.6) is 0 Å². The molecule has 1 aromatic heterocycles. The Labute approximate surface area is 180 Å². The average Bonchev–Trinajstić information content (AvgIpc) is 2.79. The van der Waals surface area contributed by atoms with Crippen LogP contribution in [0.1, 0.15) is 35.8 Å². The van der Waals surface area contributed by atoms with Crippen molar-refractivity contribution in [1.82, 2.24) is 9.88 Å². The molecule has 0 saturated carbocycles. The number of aromatic nitrogens is 1. The van der Waals surface area contributed by atoms with E-state index in [1.54, 1.807) is 42.2 Å². The summed E-state index contributed by atoms with van der Waals surface area (Å²) in [5.74, 6) is -0.357. The first-order valence-corrected chi connectivity index (χ1v) is 10.7. The number of likely N-dealkylation sites (tertiary alicyclic amines) is 1. The monoisotopic (exact) mass is 418 g/mol. The number of piperidine rings is 1. The Balaban J connectivity index is 1.33. The van der Waals surface area contributed by atoms with Crippen molar-refractivity contribution in [3.8, 4) is 0 Å². The summed E-state index contributed by atoms with van der Waals surface area (Å²) < 4.78 is 5.38. The number of hydrogen-bond acceptors (Lipinski definition) is 4. The molecule has 1 saturated heterocycles. The molecule has 0 radical (unpaired) electrons. The maximum Gasteiger partial charge on any atom is 0.355 e. The predicted molar refractivity (Wildman–Crippen MR) is 119 cm³/mol. The second-order valence-electron chi connectivity index (χ2n) is 8.11. The minimum Gasteiger partial charge on any atom is -0.448 e. The predicted octanol–water partition coefficient (Wildman–Crippen LogP) is 3.55. The van der Waals surface area contributed by atoms with Gasteiger partial charge >= 0.3 is 5.97 Å². The summed E-state index contributed by atoms with van der Waals surface area (Å²) >= 11 is 0. The topological polar surface area (TPSA) is 79.5 Å². The minimum absolute atomic E-state index is 0.0462. The minimum atomic E-state index is -0.909. The van der Waals surface area contributed by atoms with Gasteiger partial charge in [-0.1, -0.05) is 48.5 Å². The molecule has 1 aliphatic rings. The van der Waals surface area contributed by atoms with Gasteiger partial charge in [0.25, 0.3) is 11.5 Å². The Morgan fingerprint density at radius 3 is 2.48 bits per heavy atom. The normalized spacial score (nSPS) is 15.6. The van der Waals surface area contributed by atoms with E-state index in [9.17, 15) is 14.4 Å². The molecule has 6 heteroatoms. The molecule has 6 nitrogen and oxygen atoms in total. The fourth-order valence-electron chi connectivity index (χ4n) is 4.16. The zero-order valence-corrected chi connectivity index (χ0v) is 17.5. The lowest BCUT2D eigenvalue weighted by Gasteiger charge is -2.33. The third-order valence-electron chi connectivity index (χ3n) is 5.90. The van der Waals surface area contributed by atoms with E-state index in [4.69, 9.17) is 4.74 Å². The molecule has 1 aliphatic heterocycles. The van der Waals surface area contributed by atoms with Gasteiger partial charge in [-0.05, 0) is 55.2 Å². The summed E-state index contributed by atoms with van der Waals surface area (Å²) in [6.07, 6.45) is 1.97. The first kappa shape index (κ1) is 20.8. The van der Waals surface area contributed by atoms with Crippen molar-refractivity contribution in [2.75, 3.05) is 13.1 Å². The van der Waals surface area contributed by atoms with Crippen molar-refractivity contribution in [1.29, 1.82) is 0 Å². The quantitative estimate of drug-likeness (QED) is 0.643. The van der Waals surface area contributed by atoms with Crippen LogP contribution in [0, 0.1) is 5.92 Å². The zero-order chi connectivity index (χ0) is 21.8. The summed E-state index contributed by atoms with van der Waals surface area (Å²) in [6, 6.07) is 19.0. The summed E-state index contributed by atoms with van der Waals surface area (Å²) in [5, 5.41) is 1.15. The Bertz CT molecular complexity index is 1130. The highest BCUT2D eigenvalue weighted by molar-refractivity contribution is 5.94. The van der Waals surface area contributed by atoms with E-state index in [1.165, 1.54) is 5.56 Å². The van der Waals surface area contributed by atoms with Crippen LogP contribution >= 0.6 is 0 Å². The molecule has 2 aromatic carbocycles. The lowest BCUT2D eigenvalue weighted by Crippen LogP contribution is -2.44. The summed E-state index contributed by atoms with van der Waals surface area (Å²) in [7, 11) is 0. The number of rotatable bonds is 5. The van der Waals surface area contributed by atoms with E-state index < -0.39 is 12.1 Å². The molecule has 0 aliphatic carbocycles. The van der Waals surface area contributed by atoms with Crippen molar-refractivity contribution >= 4 is 22.6 Å². The number of ether oxygens (including phenoxy) is 1. The zero-order valence-electron chi connectivity index (χ0n) is 17.5. The Morgan fingerprint density at radius 1 is 1.06 bits per heavy atom. The summed E-state index contributed by atoms with van der Waals surface area (Å²) in [5.41, 5.74) is 1.01. The highest BCUT2D eigenvalue weighted by Crippen LogP contribution is 2.22. The van der Waals surface area contributed by atoms with Crippen molar-refractivity contribution in [3.63, 3.8) is 0 Å². The Kier molecular flexibility index (Phi) is 6.16. The van der Waals surface area contributed by atoms with Crippen molar-refractivity contribution in [2.45, 2.75) is 32.3 Å². The molecular formula is C25H26N2O4. The Hall–Kier alpha value is -3.41. The van der Waals surface area contributed by atoms with Crippen LogP contribution in [-0.2, 0) is 16.0 Å². The lowest BCUT2D eigenvalue weighted by atomic mass is 9.90. The number of hydrogen-bond donors (Lipinski definition) is 1. The third kappa shape index (κ3) is 4.85. The van der Waals surface area contributed by atoms with Gasteiger partial charge in [-0.15, -0.1) is 0 Å². The molecule has 4 rings (SSSR count). The van der Waals surface area contributed by atoms with Crippen LogP contribution < -0.4 is 5.56 Å². The first-order valence-electron chi connectivity index (χ1n) is 10.7. The first-order chi connectivity index (χ1) is 15.0. The van der Waals surface area contributed by atoms with Gasteiger partial charge in [0.1, 0.15) is 5.69 Å². The van der Waals surface area contributed by atoms with Crippen molar-refractivity contribution < 1.29 is 14.3 Å². The highest BCUT2D eigenvalue weighted by Gasteiger charge is 2.28. The number of esters is 1. The summed E-state index contributed by atoms with van der Waals surface area (Å²) in [4.78, 5) is 41.8. The number of fused-ring (bicyclic) bond motifs is 1. The smallest absolute Gasteiger partial charge is 0.355 e. The van der Waals surface area contributed by atoms with Gasteiger partial charge < -0.3 is 14.6 Å². The molecular weight excluding hydrogens is 392 g/mol. The number of aromatic amines is 1. The van der Waals surface area contributed by atoms with Crippen LogP contribution in [0.3, 0.4) is 0 Å². The second kappa shape index (κ2) is 9.16. The molecule has 3 aromatic rings. The molecule has 0 spiro atoms. The molecule has 31 heavy (non-hydrogen) atoms. The van der Waals surface area contributed by atoms with Gasteiger partial charge in [-0.3, -0.25) is 9.59 Å². The number of benzene rings is 2. The molecule has 0 unspecified atom stereocenters. The Morgan fingerprint density at radius 2 is 1.74 bits per heavy atom. The molecule has 1 fully saturated rings. The van der Waals surface area contributed by atoms with Gasteiger partial charge in [0.05, 0.1) is 0 Å². The maximum absolute atomic E-state index is 12.8. The van der Waals surface area contributed by atoms with Crippen molar-refractivity contribution in [3.05, 3.63) is 82.3 Å². The second-order valence-corrected chi connectivity index (χ2v) is 8.11. The number of pyridine rings is 1. The standard InChI is InChI=1S/C25H26N2O4/c1-17(31-25(30)22-16-20-9-5-6-10-21(20)23(28)26-22)24(29)27-13-11-19(12-14-27)15-18-7-3-2-4-8-18/h2-10,16-17,19H,11-15H2,1H3,(H,26,28)/t17-/m1/s1. The van der Waals surface area contributed by atoms with Crippen LogP contribution in [0.25, 0.3) is 10.8 Å². The van der Waals surface area contributed by atoms with Crippen LogP contribution in [0.4, 0.5) is 0 Å². The van der Waals surface area contributed by atoms with Crippen molar-refractivity contribution in [2.24, 2.45) is 5.92 Å². The number of nitrogens with zero attached hydrogens (tertiary/aromatic N) is 1. The van der Waals surface area contributed by atoms with Crippen LogP contribution in [0.15, 0.2) is 65.5 Å². The maximum atomic E-state index is 12.8. The van der Waals surface area contributed by atoms with E-state index >= 15 is 0 Å². The summed E-state index contributed by atoms with van der Waals surface area (Å²) in [6.45, 7) is 2.89. The fourth-order valence-corrected chi connectivity index (χ4v) is 4.16. The molecule has 1 amide bonds. The van der Waals surface area contributed by atoms with E-state index in [0.717, 1.165) is 19.3 Å². The number of carbonyl (C=O) groups excluding carboxylic acids is 2. The number of nitrogens with one attached hydrogen (secondary N) is 1. The average molecular weight is 418 g/mol. The highest BCUT2D eigenvalue weighted by atomic mass is 16.5. The fraction of sp³-hybridized carbons (Fsp3) is 0.320. The molecule has 1 atom stereocenters. The third-order valence-corrected chi connectivity index (χ3v) is 5.90. The van der Waals surface area contributed by atoms with Gasteiger partial charge in [0, 0.05) is 18.5 Å². The number of carbonyl (C=O) groups is 2. The van der Waals surface area contributed by atoms with E-state index in [1.807, 2.05) is 18.2 Å². The van der Waals surface area contributed by atoms with Gasteiger partial charge in [-0.25, -0.2) is 4.79 Å². The molecule has 1 N–H and O–H groups in total. The van der Waals surface area contributed by atoms with E-state index in [-0.39, 0.29) is 17.2 Å². The van der Waals surface area contributed by atoms with E-state index in [0.29, 0.717) is 29.8 Å². The van der Waals surface area contributed by atoms with Gasteiger partial charge in [-0.2, -0.15) is 0 Å². The number of amides is 1.